The molecule has 30 heavy (non-hydrogen) atoms. The number of rotatable bonds is 6. The number of fused-ring (bicyclic) bond motifs is 1. The highest BCUT2D eigenvalue weighted by molar-refractivity contribution is 6.30. The second-order valence-corrected chi connectivity index (χ2v) is 8.25. The summed E-state index contributed by atoms with van der Waals surface area (Å²) < 4.78 is 0.808. The van der Waals surface area contributed by atoms with E-state index in [0.29, 0.717) is 6.04 Å². The third kappa shape index (κ3) is 4.63. The van der Waals surface area contributed by atoms with Gasteiger partial charge in [-0.05, 0) is 37.7 Å². The monoisotopic (exact) mass is 445 g/mol. The summed E-state index contributed by atoms with van der Waals surface area (Å²) >= 11 is 6.11. The average molecular weight is 446 g/mol. The summed E-state index contributed by atoms with van der Waals surface area (Å²) in [6.07, 6.45) is 2.32. The molecule has 1 fully saturated rings. The normalized spacial score (nSPS) is 21.4. The van der Waals surface area contributed by atoms with E-state index in [2.05, 4.69) is 67.1 Å². The van der Waals surface area contributed by atoms with Gasteiger partial charge in [-0.1, -0.05) is 42.8 Å². The molecular weight excluding hydrogens is 415 g/mol. The Morgan fingerprint density at radius 3 is 2.37 bits per heavy atom. The van der Waals surface area contributed by atoms with Crippen LogP contribution in [0, 0.1) is 0 Å². The Morgan fingerprint density at radius 2 is 1.70 bits per heavy atom. The molecule has 1 aliphatic rings. The maximum absolute atomic E-state index is 6.11. The number of nitrogens with one attached hydrogen (secondary N) is 2. The molecule has 2 heterocycles. The molecule has 0 atom stereocenters. The van der Waals surface area contributed by atoms with Crippen LogP contribution in [0.5, 0.6) is 0 Å². The fraction of sp³-hybridized carbons (Fsp3) is 0.375. The Balaban J connectivity index is 0.00000256. The van der Waals surface area contributed by atoms with Crippen LogP contribution in [0.3, 0.4) is 0 Å². The van der Waals surface area contributed by atoms with Gasteiger partial charge >= 0.3 is 0 Å². The molecule has 1 aliphatic heterocycles. The van der Waals surface area contributed by atoms with Crippen molar-refractivity contribution >= 4 is 40.6 Å². The number of hydrogen-bond donors (Lipinski definition) is 2. The number of quaternary nitrogens is 1. The van der Waals surface area contributed by atoms with Crippen LogP contribution in [0.25, 0.3) is 22.2 Å². The van der Waals surface area contributed by atoms with E-state index < -0.39 is 0 Å². The van der Waals surface area contributed by atoms with Gasteiger partial charge in [0.1, 0.15) is 13.1 Å². The zero-order valence-electron chi connectivity index (χ0n) is 17.7. The lowest BCUT2D eigenvalue weighted by Gasteiger charge is -2.43. The molecule has 2 N–H and O–H groups in total. The van der Waals surface area contributed by atoms with Crippen LogP contribution < -0.4 is 15.3 Å². The van der Waals surface area contributed by atoms with Gasteiger partial charge in [-0.15, -0.1) is 12.4 Å². The summed E-state index contributed by atoms with van der Waals surface area (Å²) in [6, 6.07) is 19.4. The van der Waals surface area contributed by atoms with Gasteiger partial charge in [-0.3, -0.25) is 0 Å². The maximum Gasteiger partial charge on any atom is 0.163 e. The number of benzene rings is 2. The summed E-state index contributed by atoms with van der Waals surface area (Å²) in [6.45, 7) is 8.48. The highest BCUT2D eigenvalue weighted by Gasteiger charge is 2.37. The quantitative estimate of drug-likeness (QED) is 0.486. The highest BCUT2D eigenvalue weighted by Crippen LogP contribution is 2.36. The molecule has 3 aromatic rings. The van der Waals surface area contributed by atoms with Crippen molar-refractivity contribution in [3.05, 3.63) is 59.6 Å². The van der Waals surface area contributed by atoms with Crippen LogP contribution in [0.4, 0.5) is 5.69 Å². The number of piperidine rings is 1. The lowest BCUT2D eigenvalue weighted by molar-refractivity contribution is 0.143. The van der Waals surface area contributed by atoms with E-state index in [1.807, 2.05) is 12.1 Å². The first kappa shape index (κ1) is 23.0. The molecular formula is C24H31Cl2N4+. The molecule has 1 aromatic heterocycles. The molecule has 0 radical (unpaired) electrons. The van der Waals surface area contributed by atoms with Crippen molar-refractivity contribution in [2.75, 3.05) is 26.2 Å². The van der Waals surface area contributed by atoms with Crippen LogP contribution in [-0.2, 0) is 0 Å². The predicted octanol–water partition coefficient (Wildman–Crippen LogP) is 5.58. The fourth-order valence-electron chi connectivity index (χ4n) is 4.57. The molecule has 0 amide bonds. The molecule has 0 unspecified atom stereocenters. The SMILES string of the molecule is CCNC1CC[N+](NCC)(c2cc(-c3ccc(Cl)cc3)nc3ccccc23)CC1.Cl. The first-order valence-electron chi connectivity index (χ1n) is 10.7. The molecule has 4 nitrogen and oxygen atoms in total. The molecule has 6 heteroatoms. The van der Waals surface area contributed by atoms with Gasteiger partial charge in [0.15, 0.2) is 5.69 Å². The summed E-state index contributed by atoms with van der Waals surface area (Å²) in [7, 11) is 0. The molecule has 0 spiro atoms. The van der Waals surface area contributed by atoms with Crippen LogP contribution in [-0.4, -0.2) is 37.2 Å². The smallest absolute Gasteiger partial charge is 0.163 e. The van der Waals surface area contributed by atoms with E-state index >= 15 is 0 Å². The average Bonchev–Trinajstić information content (AvgIpc) is 2.75. The highest BCUT2D eigenvalue weighted by atomic mass is 35.5. The van der Waals surface area contributed by atoms with E-state index in [9.17, 15) is 0 Å². The molecule has 0 saturated carbocycles. The number of hydrogen-bond acceptors (Lipinski definition) is 3. The maximum atomic E-state index is 6.11. The van der Waals surface area contributed by atoms with Crippen molar-refractivity contribution in [1.29, 1.82) is 0 Å². The number of pyridine rings is 1. The second-order valence-electron chi connectivity index (χ2n) is 7.81. The predicted molar refractivity (Wildman–Crippen MR) is 131 cm³/mol. The second kappa shape index (κ2) is 10.1. The third-order valence-corrected chi connectivity index (χ3v) is 6.22. The fourth-order valence-corrected chi connectivity index (χ4v) is 4.69. The van der Waals surface area contributed by atoms with Gasteiger partial charge in [0.05, 0.1) is 16.6 Å². The van der Waals surface area contributed by atoms with E-state index in [1.54, 1.807) is 0 Å². The summed E-state index contributed by atoms with van der Waals surface area (Å²) in [5.74, 6) is 0. The first-order chi connectivity index (χ1) is 14.1. The molecule has 160 valence electrons. The zero-order chi connectivity index (χ0) is 20.3. The van der Waals surface area contributed by atoms with Crippen molar-refractivity contribution < 1.29 is 0 Å². The molecule has 4 rings (SSSR count). The minimum absolute atomic E-state index is 0. The van der Waals surface area contributed by atoms with Gasteiger partial charge in [-0.25, -0.2) is 9.58 Å². The van der Waals surface area contributed by atoms with Gasteiger partial charge < -0.3 is 5.32 Å². The van der Waals surface area contributed by atoms with Crippen LogP contribution >= 0.6 is 24.0 Å². The van der Waals surface area contributed by atoms with Crippen molar-refractivity contribution in [3.63, 3.8) is 0 Å². The summed E-state index contributed by atoms with van der Waals surface area (Å²) in [5.41, 5.74) is 8.27. The first-order valence-corrected chi connectivity index (χ1v) is 11.0. The van der Waals surface area contributed by atoms with Crippen LogP contribution in [0.2, 0.25) is 5.02 Å². The van der Waals surface area contributed by atoms with Crippen molar-refractivity contribution in [3.8, 4) is 11.3 Å². The number of nitrogens with zero attached hydrogens (tertiary/aromatic N) is 2. The number of halogens is 2. The van der Waals surface area contributed by atoms with Crippen LogP contribution in [0.1, 0.15) is 26.7 Å². The molecule has 2 aromatic carbocycles. The third-order valence-electron chi connectivity index (χ3n) is 5.97. The Morgan fingerprint density at radius 1 is 1.00 bits per heavy atom. The standard InChI is InChI=1S/C24H30ClN4.ClH/c1-3-26-20-13-15-29(16-14-20,27-4-2)24-17-23(18-9-11-19(25)12-10-18)28-22-8-6-5-7-21(22)24;/h5-12,17,20,26-27H,3-4,13-16H2,1-2H3;1H/q+1;. The van der Waals surface area contributed by atoms with E-state index in [1.165, 1.54) is 11.1 Å². The number of para-hydroxylation sites is 1. The Hall–Kier alpha value is -1.69. The van der Waals surface area contributed by atoms with Crippen molar-refractivity contribution in [2.24, 2.45) is 0 Å². The zero-order valence-corrected chi connectivity index (χ0v) is 19.3. The van der Waals surface area contributed by atoms with Crippen molar-refractivity contribution in [1.82, 2.24) is 20.3 Å². The lowest BCUT2D eigenvalue weighted by Crippen LogP contribution is -2.65. The summed E-state index contributed by atoms with van der Waals surface area (Å²) in [4.78, 5) is 4.97. The largest absolute Gasteiger partial charge is 0.314 e. The topological polar surface area (TPSA) is 37.0 Å². The van der Waals surface area contributed by atoms with E-state index in [0.717, 1.165) is 65.4 Å². The van der Waals surface area contributed by atoms with Crippen LogP contribution in [0.15, 0.2) is 54.6 Å². The Labute approximate surface area is 190 Å². The minimum atomic E-state index is 0. The van der Waals surface area contributed by atoms with Gasteiger partial charge in [0.2, 0.25) is 0 Å². The molecule has 0 bridgehead atoms. The Kier molecular flexibility index (Phi) is 7.72. The van der Waals surface area contributed by atoms with Gasteiger partial charge in [0, 0.05) is 42.1 Å². The van der Waals surface area contributed by atoms with Gasteiger partial charge in [0.25, 0.3) is 0 Å². The van der Waals surface area contributed by atoms with Gasteiger partial charge in [-0.2, -0.15) is 5.43 Å². The number of aromatic nitrogens is 1. The molecule has 0 aliphatic carbocycles. The van der Waals surface area contributed by atoms with E-state index in [-0.39, 0.29) is 12.4 Å². The minimum Gasteiger partial charge on any atom is -0.314 e. The summed E-state index contributed by atoms with van der Waals surface area (Å²) in [5, 5.41) is 5.61. The Bertz CT molecular complexity index is 967. The lowest BCUT2D eigenvalue weighted by atomic mass is 10.0. The molecule has 1 saturated heterocycles. The van der Waals surface area contributed by atoms with E-state index in [4.69, 9.17) is 16.6 Å². The van der Waals surface area contributed by atoms with Crippen molar-refractivity contribution in [2.45, 2.75) is 32.7 Å².